The summed E-state index contributed by atoms with van der Waals surface area (Å²) in [6.45, 7) is 0. The second-order valence-corrected chi connectivity index (χ2v) is 3.09. The van der Waals surface area contributed by atoms with Crippen molar-refractivity contribution in [2.45, 2.75) is 0 Å². The Labute approximate surface area is 86.8 Å². The highest BCUT2D eigenvalue weighted by Crippen LogP contribution is 2.06. The number of aryl methyl sites for hydroxylation is 1. The minimum Gasteiger partial charge on any atom is -0.322 e. The maximum atomic E-state index is 11.6. The third-order valence-electron chi connectivity index (χ3n) is 1.91. The van der Waals surface area contributed by atoms with Crippen LogP contribution in [-0.2, 0) is 7.05 Å². The second kappa shape index (κ2) is 3.91. The van der Waals surface area contributed by atoms with E-state index in [1.807, 2.05) is 0 Å². The first-order valence-electron chi connectivity index (χ1n) is 4.46. The number of carbonyl (C=O) groups is 1. The van der Waals surface area contributed by atoms with Gasteiger partial charge in [-0.25, -0.2) is 0 Å². The maximum Gasteiger partial charge on any atom is 0.258 e. The van der Waals surface area contributed by atoms with Gasteiger partial charge in [-0.1, -0.05) is 0 Å². The molecule has 0 aliphatic rings. The summed E-state index contributed by atoms with van der Waals surface area (Å²) in [4.78, 5) is 15.5. The molecule has 0 aliphatic heterocycles. The monoisotopic (exact) mass is 202 g/mol. The van der Waals surface area contributed by atoms with Crippen LogP contribution in [0.15, 0.2) is 36.9 Å². The summed E-state index contributed by atoms with van der Waals surface area (Å²) in [7, 11) is 1.77. The minimum atomic E-state index is -0.172. The first kappa shape index (κ1) is 9.39. The van der Waals surface area contributed by atoms with E-state index in [9.17, 15) is 4.79 Å². The standard InChI is InChI=1S/C10H10N4O/c1-14-7-8(6-12-14)10(15)13-9-2-4-11-5-3-9/h2-7H,1H3,(H,11,13,15). The second-order valence-electron chi connectivity index (χ2n) is 3.09. The van der Waals surface area contributed by atoms with Gasteiger partial charge < -0.3 is 5.32 Å². The normalized spacial score (nSPS) is 9.93. The Hall–Kier alpha value is -2.17. The average molecular weight is 202 g/mol. The molecule has 0 spiro atoms. The lowest BCUT2D eigenvalue weighted by Gasteiger charge is -2.01. The summed E-state index contributed by atoms with van der Waals surface area (Å²) in [6, 6.07) is 3.46. The molecule has 0 fully saturated rings. The fourth-order valence-electron chi connectivity index (χ4n) is 1.18. The molecule has 2 aromatic rings. The van der Waals surface area contributed by atoms with Gasteiger partial charge in [0.15, 0.2) is 0 Å². The molecular weight excluding hydrogens is 192 g/mol. The maximum absolute atomic E-state index is 11.6. The van der Waals surface area contributed by atoms with Crippen LogP contribution in [0, 0.1) is 0 Å². The summed E-state index contributed by atoms with van der Waals surface area (Å²) in [5.74, 6) is -0.172. The zero-order valence-electron chi connectivity index (χ0n) is 8.21. The number of aromatic nitrogens is 3. The predicted molar refractivity (Wildman–Crippen MR) is 55.4 cm³/mol. The van der Waals surface area contributed by atoms with Crippen molar-refractivity contribution in [2.75, 3.05) is 5.32 Å². The van der Waals surface area contributed by atoms with Crippen molar-refractivity contribution in [3.05, 3.63) is 42.5 Å². The van der Waals surface area contributed by atoms with Crippen molar-refractivity contribution in [1.82, 2.24) is 14.8 Å². The first-order valence-corrected chi connectivity index (χ1v) is 4.46. The topological polar surface area (TPSA) is 59.8 Å². The van der Waals surface area contributed by atoms with E-state index in [1.165, 1.54) is 6.20 Å². The highest BCUT2D eigenvalue weighted by Gasteiger charge is 2.07. The van der Waals surface area contributed by atoms with Crippen molar-refractivity contribution >= 4 is 11.6 Å². The third-order valence-corrected chi connectivity index (χ3v) is 1.91. The van der Waals surface area contributed by atoms with Gasteiger partial charge in [-0.05, 0) is 12.1 Å². The highest BCUT2D eigenvalue weighted by atomic mass is 16.1. The molecule has 5 heteroatoms. The molecular formula is C10H10N4O. The quantitative estimate of drug-likeness (QED) is 0.792. The van der Waals surface area contributed by atoms with Crippen LogP contribution < -0.4 is 5.32 Å². The molecule has 76 valence electrons. The molecule has 1 amide bonds. The van der Waals surface area contributed by atoms with Gasteiger partial charge in [0.1, 0.15) is 0 Å². The van der Waals surface area contributed by atoms with Gasteiger partial charge in [0.05, 0.1) is 11.8 Å². The zero-order chi connectivity index (χ0) is 10.7. The Morgan fingerprint density at radius 3 is 2.73 bits per heavy atom. The molecule has 2 heterocycles. The van der Waals surface area contributed by atoms with Gasteiger partial charge in [-0.2, -0.15) is 5.10 Å². The van der Waals surface area contributed by atoms with E-state index in [0.29, 0.717) is 5.56 Å². The first-order chi connectivity index (χ1) is 7.25. The van der Waals surface area contributed by atoms with Crippen molar-refractivity contribution in [1.29, 1.82) is 0 Å². The molecule has 2 rings (SSSR count). The van der Waals surface area contributed by atoms with Gasteiger partial charge in [0.2, 0.25) is 0 Å². The number of pyridine rings is 1. The van der Waals surface area contributed by atoms with Crippen LogP contribution in [0.1, 0.15) is 10.4 Å². The van der Waals surface area contributed by atoms with Crippen molar-refractivity contribution in [2.24, 2.45) is 7.05 Å². The molecule has 15 heavy (non-hydrogen) atoms. The van der Waals surface area contributed by atoms with E-state index in [2.05, 4.69) is 15.4 Å². The van der Waals surface area contributed by atoms with Crippen molar-refractivity contribution in [3.8, 4) is 0 Å². The summed E-state index contributed by atoms with van der Waals surface area (Å²) in [5.41, 5.74) is 1.26. The number of nitrogens with one attached hydrogen (secondary N) is 1. The third kappa shape index (κ3) is 2.19. The molecule has 2 aromatic heterocycles. The Morgan fingerprint density at radius 2 is 2.13 bits per heavy atom. The van der Waals surface area contributed by atoms with Crippen LogP contribution in [-0.4, -0.2) is 20.7 Å². The van der Waals surface area contributed by atoms with E-state index in [0.717, 1.165) is 5.69 Å². The molecule has 0 saturated heterocycles. The van der Waals surface area contributed by atoms with Crippen LogP contribution in [0.4, 0.5) is 5.69 Å². The molecule has 5 nitrogen and oxygen atoms in total. The number of hydrogen-bond acceptors (Lipinski definition) is 3. The molecule has 0 radical (unpaired) electrons. The number of anilines is 1. The fraction of sp³-hybridized carbons (Fsp3) is 0.100. The Balaban J connectivity index is 2.11. The smallest absolute Gasteiger partial charge is 0.258 e. The van der Waals surface area contributed by atoms with Gasteiger partial charge in [-0.15, -0.1) is 0 Å². The van der Waals surface area contributed by atoms with Crippen molar-refractivity contribution < 1.29 is 4.79 Å². The highest BCUT2D eigenvalue weighted by molar-refractivity contribution is 6.03. The number of nitrogens with zero attached hydrogens (tertiary/aromatic N) is 3. The number of carbonyl (C=O) groups excluding carboxylic acids is 1. The number of rotatable bonds is 2. The Kier molecular flexibility index (Phi) is 2.45. The summed E-state index contributed by atoms with van der Waals surface area (Å²) >= 11 is 0. The fourth-order valence-corrected chi connectivity index (χ4v) is 1.18. The lowest BCUT2D eigenvalue weighted by Crippen LogP contribution is -2.10. The molecule has 0 atom stereocenters. The summed E-state index contributed by atoms with van der Waals surface area (Å²) in [6.07, 6.45) is 6.44. The van der Waals surface area contributed by atoms with E-state index >= 15 is 0 Å². The average Bonchev–Trinajstić information content (AvgIpc) is 2.66. The SMILES string of the molecule is Cn1cc(C(=O)Nc2ccncc2)cn1. The van der Waals surface area contributed by atoms with Gasteiger partial charge in [0.25, 0.3) is 5.91 Å². The lowest BCUT2D eigenvalue weighted by molar-refractivity contribution is 0.102. The number of amides is 1. The van der Waals surface area contributed by atoms with Crippen molar-refractivity contribution in [3.63, 3.8) is 0 Å². The van der Waals surface area contributed by atoms with Gasteiger partial charge >= 0.3 is 0 Å². The van der Waals surface area contributed by atoms with Crippen LogP contribution in [0.3, 0.4) is 0 Å². The van der Waals surface area contributed by atoms with E-state index < -0.39 is 0 Å². The molecule has 0 saturated carbocycles. The summed E-state index contributed by atoms with van der Waals surface area (Å²) < 4.78 is 1.58. The van der Waals surface area contributed by atoms with Crippen LogP contribution >= 0.6 is 0 Å². The molecule has 0 aromatic carbocycles. The molecule has 0 aliphatic carbocycles. The molecule has 1 N–H and O–H groups in total. The Bertz CT molecular complexity index is 463. The van der Waals surface area contributed by atoms with E-state index in [1.54, 1.807) is 42.5 Å². The molecule has 0 bridgehead atoms. The van der Waals surface area contributed by atoms with Crippen LogP contribution in [0.5, 0.6) is 0 Å². The molecule has 0 unspecified atom stereocenters. The lowest BCUT2D eigenvalue weighted by atomic mass is 10.3. The van der Waals surface area contributed by atoms with Gasteiger partial charge in [-0.3, -0.25) is 14.5 Å². The predicted octanol–water partition coefficient (Wildman–Crippen LogP) is 1.07. The van der Waals surface area contributed by atoms with E-state index in [4.69, 9.17) is 0 Å². The summed E-state index contributed by atoms with van der Waals surface area (Å²) in [5, 5.41) is 6.66. The minimum absolute atomic E-state index is 0.172. The van der Waals surface area contributed by atoms with Gasteiger partial charge in [0, 0.05) is 31.3 Å². The van der Waals surface area contributed by atoms with E-state index in [-0.39, 0.29) is 5.91 Å². The van der Waals surface area contributed by atoms with Crippen LogP contribution in [0.25, 0.3) is 0 Å². The Morgan fingerprint density at radius 1 is 1.40 bits per heavy atom. The number of hydrogen-bond donors (Lipinski definition) is 1. The van der Waals surface area contributed by atoms with Crippen LogP contribution in [0.2, 0.25) is 0 Å². The largest absolute Gasteiger partial charge is 0.322 e. The zero-order valence-corrected chi connectivity index (χ0v) is 8.21.